The van der Waals surface area contributed by atoms with Gasteiger partial charge in [-0.1, -0.05) is 19.9 Å². The minimum absolute atomic E-state index is 0.493. The molecule has 2 saturated heterocycles. The first-order valence-corrected chi connectivity index (χ1v) is 10.8. The Bertz CT molecular complexity index is 577. The van der Waals surface area contributed by atoms with Crippen LogP contribution in [0.25, 0.3) is 0 Å². The minimum Gasteiger partial charge on any atom is -0.371 e. The van der Waals surface area contributed by atoms with Gasteiger partial charge in [-0.05, 0) is 74.7 Å². The zero-order valence-corrected chi connectivity index (χ0v) is 16.4. The third-order valence-corrected chi connectivity index (χ3v) is 6.75. The summed E-state index contributed by atoms with van der Waals surface area (Å²) in [6, 6.07) is 7.50. The smallest absolute Gasteiger partial charge is 0.186 e. The van der Waals surface area contributed by atoms with E-state index in [2.05, 4.69) is 23.6 Å². The number of anilines is 1. The molecule has 1 aromatic rings. The second-order valence-corrected chi connectivity index (χ2v) is 9.03. The lowest BCUT2D eigenvalue weighted by Crippen LogP contribution is -2.42. The highest BCUT2D eigenvalue weighted by Crippen LogP contribution is 2.28. The van der Waals surface area contributed by atoms with Crippen molar-refractivity contribution in [1.29, 1.82) is 0 Å². The fraction of sp³-hybridized carbons (Fsp3) is 0.700. The summed E-state index contributed by atoms with van der Waals surface area (Å²) in [5.74, 6) is 2.54. The SMILES string of the molecule is CC(C)C1CCN(CC2CCN(c3cccc(S(=O)O)c3)CC2)CC1. The van der Waals surface area contributed by atoms with E-state index in [0.717, 1.165) is 36.5 Å². The number of hydrogen-bond acceptors (Lipinski definition) is 3. The van der Waals surface area contributed by atoms with Gasteiger partial charge in [0.1, 0.15) is 0 Å². The van der Waals surface area contributed by atoms with E-state index in [0.29, 0.717) is 4.90 Å². The van der Waals surface area contributed by atoms with E-state index in [1.807, 2.05) is 18.2 Å². The molecule has 0 saturated carbocycles. The quantitative estimate of drug-likeness (QED) is 0.806. The first-order chi connectivity index (χ1) is 12.0. The Labute approximate surface area is 154 Å². The molecule has 0 aromatic heterocycles. The van der Waals surface area contributed by atoms with Crippen molar-refractivity contribution in [2.24, 2.45) is 17.8 Å². The second-order valence-electron chi connectivity index (χ2n) is 8.06. The largest absolute Gasteiger partial charge is 0.371 e. The summed E-state index contributed by atoms with van der Waals surface area (Å²) in [4.78, 5) is 5.53. The van der Waals surface area contributed by atoms with Crippen LogP contribution in [0.4, 0.5) is 5.69 Å². The Morgan fingerprint density at radius 1 is 1.12 bits per heavy atom. The lowest BCUT2D eigenvalue weighted by molar-refractivity contribution is 0.132. The van der Waals surface area contributed by atoms with E-state index in [9.17, 15) is 8.76 Å². The number of likely N-dealkylation sites (tertiary alicyclic amines) is 1. The van der Waals surface area contributed by atoms with Crippen molar-refractivity contribution in [3.63, 3.8) is 0 Å². The Morgan fingerprint density at radius 2 is 1.80 bits per heavy atom. The van der Waals surface area contributed by atoms with Crippen LogP contribution in [0.15, 0.2) is 29.2 Å². The first-order valence-electron chi connectivity index (χ1n) is 9.71. The molecule has 3 rings (SSSR count). The molecule has 0 bridgehead atoms. The number of nitrogens with zero attached hydrogens (tertiary/aromatic N) is 2. The fourth-order valence-electron chi connectivity index (χ4n) is 4.33. The van der Waals surface area contributed by atoms with Gasteiger partial charge in [0.15, 0.2) is 11.1 Å². The topological polar surface area (TPSA) is 43.8 Å². The Kier molecular flexibility index (Phi) is 6.53. The average molecular weight is 365 g/mol. The summed E-state index contributed by atoms with van der Waals surface area (Å²) in [6.07, 6.45) is 5.16. The highest BCUT2D eigenvalue weighted by Gasteiger charge is 2.25. The van der Waals surface area contributed by atoms with Gasteiger partial charge in [0.05, 0.1) is 4.90 Å². The average Bonchev–Trinajstić information content (AvgIpc) is 2.63. The van der Waals surface area contributed by atoms with Crippen molar-refractivity contribution in [2.45, 2.75) is 44.4 Å². The van der Waals surface area contributed by atoms with Gasteiger partial charge in [-0.3, -0.25) is 0 Å². The molecule has 1 N–H and O–H groups in total. The van der Waals surface area contributed by atoms with Crippen LogP contribution in [0.5, 0.6) is 0 Å². The van der Waals surface area contributed by atoms with Crippen LogP contribution in [0.3, 0.4) is 0 Å². The number of hydrogen-bond donors (Lipinski definition) is 1. The van der Waals surface area contributed by atoms with Crippen molar-refractivity contribution in [3.05, 3.63) is 24.3 Å². The maximum Gasteiger partial charge on any atom is 0.186 e. The summed E-state index contributed by atoms with van der Waals surface area (Å²) in [6.45, 7) is 10.6. The van der Waals surface area contributed by atoms with Gasteiger partial charge >= 0.3 is 0 Å². The lowest BCUT2D eigenvalue weighted by atomic mass is 9.86. The zero-order valence-electron chi connectivity index (χ0n) is 15.6. The van der Waals surface area contributed by atoms with Gasteiger partial charge < -0.3 is 14.4 Å². The van der Waals surface area contributed by atoms with Crippen molar-refractivity contribution in [1.82, 2.24) is 4.90 Å². The number of piperidine rings is 2. The molecule has 0 spiro atoms. The van der Waals surface area contributed by atoms with Crippen LogP contribution in [0.2, 0.25) is 0 Å². The Morgan fingerprint density at radius 3 is 2.40 bits per heavy atom. The first kappa shape index (κ1) is 18.9. The number of benzene rings is 1. The molecular weight excluding hydrogens is 332 g/mol. The van der Waals surface area contributed by atoms with Gasteiger partial charge in [-0.2, -0.15) is 0 Å². The van der Waals surface area contributed by atoms with E-state index in [1.54, 1.807) is 6.07 Å². The van der Waals surface area contributed by atoms with Crippen LogP contribution in [0, 0.1) is 17.8 Å². The molecule has 1 aromatic carbocycles. The third kappa shape index (κ3) is 5.05. The molecule has 1 unspecified atom stereocenters. The standard InChI is InChI=1S/C20H32N2O2S/c1-16(2)18-8-10-21(11-9-18)15-17-6-12-22(13-7-17)19-4-3-5-20(14-19)25(23)24/h3-5,14,16-18H,6-13,15H2,1-2H3,(H,23,24). The minimum atomic E-state index is -1.90. The van der Waals surface area contributed by atoms with Crippen molar-refractivity contribution < 1.29 is 8.76 Å². The van der Waals surface area contributed by atoms with E-state index < -0.39 is 11.1 Å². The summed E-state index contributed by atoms with van der Waals surface area (Å²) in [5, 5.41) is 0. The molecule has 0 aliphatic carbocycles. The second kappa shape index (κ2) is 8.65. The fourth-order valence-corrected chi connectivity index (χ4v) is 4.75. The maximum absolute atomic E-state index is 11.3. The molecule has 140 valence electrons. The van der Waals surface area contributed by atoms with E-state index >= 15 is 0 Å². The van der Waals surface area contributed by atoms with Gasteiger partial charge in [0, 0.05) is 25.3 Å². The van der Waals surface area contributed by atoms with E-state index in [-0.39, 0.29) is 0 Å². The molecule has 0 radical (unpaired) electrons. The van der Waals surface area contributed by atoms with Gasteiger partial charge in [0.25, 0.3) is 0 Å². The normalized spacial score (nSPS) is 22.5. The van der Waals surface area contributed by atoms with E-state index in [1.165, 1.54) is 45.3 Å². The third-order valence-electron chi connectivity index (χ3n) is 6.09. The van der Waals surface area contributed by atoms with Crippen LogP contribution in [-0.2, 0) is 11.1 Å². The summed E-state index contributed by atoms with van der Waals surface area (Å²) >= 11 is -1.90. The van der Waals surface area contributed by atoms with Crippen LogP contribution in [-0.4, -0.2) is 46.4 Å². The lowest BCUT2D eigenvalue weighted by Gasteiger charge is -2.39. The molecule has 0 amide bonds. The van der Waals surface area contributed by atoms with Crippen molar-refractivity contribution in [3.8, 4) is 0 Å². The monoisotopic (exact) mass is 364 g/mol. The summed E-state index contributed by atoms with van der Waals surface area (Å²) in [7, 11) is 0. The molecule has 25 heavy (non-hydrogen) atoms. The zero-order chi connectivity index (χ0) is 17.8. The predicted octanol–water partition coefficient (Wildman–Crippen LogP) is 3.85. The molecule has 5 heteroatoms. The van der Waals surface area contributed by atoms with Crippen LogP contribution >= 0.6 is 0 Å². The van der Waals surface area contributed by atoms with E-state index in [4.69, 9.17) is 0 Å². The van der Waals surface area contributed by atoms with Crippen LogP contribution < -0.4 is 4.90 Å². The Balaban J connectivity index is 1.46. The highest BCUT2D eigenvalue weighted by atomic mass is 32.2. The molecule has 2 aliphatic heterocycles. The molecule has 2 fully saturated rings. The maximum atomic E-state index is 11.3. The van der Waals surface area contributed by atoms with Gasteiger partial charge in [0.2, 0.25) is 0 Å². The Hall–Kier alpha value is -0.910. The van der Waals surface area contributed by atoms with Gasteiger partial charge in [-0.15, -0.1) is 0 Å². The van der Waals surface area contributed by atoms with Gasteiger partial charge in [-0.25, -0.2) is 4.21 Å². The molecule has 2 heterocycles. The van der Waals surface area contributed by atoms with Crippen molar-refractivity contribution in [2.75, 3.05) is 37.6 Å². The molecular formula is C20H32N2O2S. The molecule has 2 aliphatic rings. The highest BCUT2D eigenvalue weighted by molar-refractivity contribution is 7.79. The predicted molar refractivity (Wildman–Crippen MR) is 104 cm³/mol. The molecule has 1 atom stereocenters. The molecule has 4 nitrogen and oxygen atoms in total. The van der Waals surface area contributed by atoms with Crippen LogP contribution in [0.1, 0.15) is 39.5 Å². The number of rotatable bonds is 5. The summed E-state index contributed by atoms with van der Waals surface area (Å²) < 4.78 is 20.5. The van der Waals surface area contributed by atoms with Crippen molar-refractivity contribution >= 4 is 16.8 Å². The summed E-state index contributed by atoms with van der Waals surface area (Å²) in [5.41, 5.74) is 1.08.